The van der Waals surface area contributed by atoms with Crippen LogP contribution in [0.3, 0.4) is 0 Å². The molecule has 0 saturated carbocycles. The van der Waals surface area contributed by atoms with E-state index in [1.807, 2.05) is 0 Å². The number of carbonyl (C=O) groups is 2. The zero-order chi connectivity index (χ0) is 11.1. The van der Waals surface area contributed by atoms with Crippen LogP contribution in [0.15, 0.2) is 0 Å². The number of hydrogen-bond donors (Lipinski definition) is 1. The van der Waals surface area contributed by atoms with Gasteiger partial charge in [0.05, 0.1) is 0 Å². The van der Waals surface area contributed by atoms with Gasteiger partial charge in [-0.05, 0) is 12.8 Å². The van der Waals surface area contributed by atoms with Gasteiger partial charge in [-0.3, -0.25) is 14.5 Å². The van der Waals surface area contributed by atoms with Crippen molar-refractivity contribution in [2.45, 2.75) is 44.9 Å². The van der Waals surface area contributed by atoms with E-state index in [1.54, 1.807) is 0 Å². The maximum Gasteiger partial charge on any atom is 0.229 e. The molecule has 1 rings (SSSR count). The Hall–Kier alpha value is -0.900. The summed E-state index contributed by atoms with van der Waals surface area (Å²) in [6.45, 7) is 0.833. The zero-order valence-corrected chi connectivity index (χ0v) is 9.07. The van der Waals surface area contributed by atoms with Crippen molar-refractivity contribution in [1.82, 2.24) is 4.90 Å². The molecule has 0 aromatic rings. The average molecular weight is 213 g/mol. The fourth-order valence-electron chi connectivity index (χ4n) is 1.78. The highest BCUT2D eigenvalue weighted by Gasteiger charge is 2.27. The maximum absolute atomic E-state index is 11.2. The van der Waals surface area contributed by atoms with E-state index < -0.39 is 0 Å². The van der Waals surface area contributed by atoms with Crippen LogP contribution in [0.4, 0.5) is 0 Å². The summed E-state index contributed by atoms with van der Waals surface area (Å²) in [5, 5.41) is 8.57. The van der Waals surface area contributed by atoms with Gasteiger partial charge in [-0.1, -0.05) is 19.3 Å². The second-order valence-electron chi connectivity index (χ2n) is 3.93. The molecule has 0 bridgehead atoms. The second kappa shape index (κ2) is 6.56. The van der Waals surface area contributed by atoms with E-state index in [0.717, 1.165) is 32.1 Å². The SMILES string of the molecule is O=C1CCC(=O)N1CCCCCCCO. The van der Waals surface area contributed by atoms with E-state index in [-0.39, 0.29) is 18.4 Å². The van der Waals surface area contributed by atoms with Crippen molar-refractivity contribution < 1.29 is 14.7 Å². The van der Waals surface area contributed by atoms with Gasteiger partial charge in [-0.15, -0.1) is 0 Å². The molecule has 4 heteroatoms. The van der Waals surface area contributed by atoms with Crippen LogP contribution in [0.1, 0.15) is 44.9 Å². The standard InChI is InChI=1S/C11H19NO3/c13-9-5-3-1-2-4-8-12-10(14)6-7-11(12)15/h13H,1-9H2. The van der Waals surface area contributed by atoms with Crippen LogP contribution in [-0.4, -0.2) is 35.0 Å². The van der Waals surface area contributed by atoms with Gasteiger partial charge >= 0.3 is 0 Å². The van der Waals surface area contributed by atoms with Crippen LogP contribution in [0.2, 0.25) is 0 Å². The highest BCUT2D eigenvalue weighted by Crippen LogP contribution is 2.13. The number of unbranched alkanes of at least 4 members (excludes halogenated alkanes) is 4. The number of imide groups is 1. The molecule has 4 nitrogen and oxygen atoms in total. The molecule has 1 N–H and O–H groups in total. The third kappa shape index (κ3) is 4.00. The molecular weight excluding hydrogens is 194 g/mol. The first-order valence-electron chi connectivity index (χ1n) is 5.70. The van der Waals surface area contributed by atoms with Gasteiger partial charge in [-0.25, -0.2) is 0 Å². The first-order valence-corrected chi connectivity index (χ1v) is 5.70. The summed E-state index contributed by atoms with van der Waals surface area (Å²) in [5.74, 6) is -0.0364. The summed E-state index contributed by atoms with van der Waals surface area (Å²) < 4.78 is 0. The summed E-state index contributed by atoms with van der Waals surface area (Å²) in [5.41, 5.74) is 0. The predicted octanol–water partition coefficient (Wildman–Crippen LogP) is 1.08. The predicted molar refractivity (Wildman–Crippen MR) is 56.1 cm³/mol. The topological polar surface area (TPSA) is 57.6 Å². The molecule has 1 saturated heterocycles. The minimum Gasteiger partial charge on any atom is -0.396 e. The minimum atomic E-state index is -0.0182. The highest BCUT2D eigenvalue weighted by molar-refractivity contribution is 6.01. The lowest BCUT2D eigenvalue weighted by Crippen LogP contribution is -2.29. The number of aliphatic hydroxyl groups excluding tert-OH is 1. The number of aliphatic hydroxyl groups is 1. The van der Waals surface area contributed by atoms with Gasteiger partial charge in [0.2, 0.25) is 11.8 Å². The van der Waals surface area contributed by atoms with Crippen molar-refractivity contribution in [3.63, 3.8) is 0 Å². The molecular formula is C11H19NO3. The Morgan fingerprint density at radius 1 is 0.933 bits per heavy atom. The molecule has 0 aromatic heterocycles. The van der Waals surface area contributed by atoms with Gasteiger partial charge in [0.25, 0.3) is 0 Å². The van der Waals surface area contributed by atoms with E-state index >= 15 is 0 Å². The van der Waals surface area contributed by atoms with Gasteiger partial charge in [0, 0.05) is 26.0 Å². The van der Waals surface area contributed by atoms with Crippen LogP contribution >= 0.6 is 0 Å². The largest absolute Gasteiger partial charge is 0.396 e. The van der Waals surface area contributed by atoms with Crippen molar-refractivity contribution in [2.75, 3.05) is 13.2 Å². The molecule has 1 fully saturated rings. The first-order chi connectivity index (χ1) is 7.25. The smallest absolute Gasteiger partial charge is 0.229 e. The molecule has 0 aromatic carbocycles. The molecule has 0 radical (unpaired) electrons. The Balaban J connectivity index is 2.04. The lowest BCUT2D eigenvalue weighted by Gasteiger charge is -2.12. The molecule has 1 heterocycles. The average Bonchev–Trinajstić information content (AvgIpc) is 2.54. The van der Waals surface area contributed by atoms with E-state index in [1.165, 1.54) is 4.90 Å². The van der Waals surface area contributed by atoms with Crippen molar-refractivity contribution in [1.29, 1.82) is 0 Å². The normalized spacial score (nSPS) is 16.5. The van der Waals surface area contributed by atoms with Gasteiger partial charge < -0.3 is 5.11 Å². The van der Waals surface area contributed by atoms with Gasteiger partial charge in [-0.2, -0.15) is 0 Å². The van der Waals surface area contributed by atoms with E-state index in [0.29, 0.717) is 19.4 Å². The van der Waals surface area contributed by atoms with E-state index in [2.05, 4.69) is 0 Å². The van der Waals surface area contributed by atoms with Crippen molar-refractivity contribution in [3.05, 3.63) is 0 Å². The Labute approximate surface area is 90.3 Å². The lowest BCUT2D eigenvalue weighted by molar-refractivity contribution is -0.138. The van der Waals surface area contributed by atoms with Crippen molar-refractivity contribution >= 4 is 11.8 Å². The molecule has 1 aliphatic heterocycles. The fraction of sp³-hybridized carbons (Fsp3) is 0.818. The Morgan fingerprint density at radius 3 is 2.07 bits per heavy atom. The summed E-state index contributed by atoms with van der Waals surface area (Å²) in [6, 6.07) is 0. The summed E-state index contributed by atoms with van der Waals surface area (Å²) in [6.07, 6.45) is 5.64. The number of likely N-dealkylation sites (tertiary alicyclic amines) is 1. The molecule has 0 atom stereocenters. The van der Waals surface area contributed by atoms with Crippen LogP contribution in [0, 0.1) is 0 Å². The van der Waals surface area contributed by atoms with E-state index in [9.17, 15) is 9.59 Å². The summed E-state index contributed by atoms with van der Waals surface area (Å²) >= 11 is 0. The summed E-state index contributed by atoms with van der Waals surface area (Å²) in [7, 11) is 0. The number of carbonyl (C=O) groups excluding carboxylic acids is 2. The maximum atomic E-state index is 11.2. The second-order valence-corrected chi connectivity index (χ2v) is 3.93. The fourth-order valence-corrected chi connectivity index (χ4v) is 1.78. The van der Waals surface area contributed by atoms with Crippen LogP contribution in [0.5, 0.6) is 0 Å². The van der Waals surface area contributed by atoms with Crippen molar-refractivity contribution in [3.8, 4) is 0 Å². The van der Waals surface area contributed by atoms with E-state index in [4.69, 9.17) is 5.11 Å². The zero-order valence-electron chi connectivity index (χ0n) is 9.07. The molecule has 0 spiro atoms. The highest BCUT2D eigenvalue weighted by atomic mass is 16.3. The summed E-state index contributed by atoms with van der Waals surface area (Å²) in [4.78, 5) is 23.8. The molecule has 15 heavy (non-hydrogen) atoms. The van der Waals surface area contributed by atoms with Gasteiger partial charge in [0.1, 0.15) is 0 Å². The number of rotatable bonds is 7. The Bertz CT molecular complexity index is 212. The van der Waals surface area contributed by atoms with Crippen LogP contribution in [-0.2, 0) is 9.59 Å². The Morgan fingerprint density at radius 2 is 1.47 bits per heavy atom. The lowest BCUT2D eigenvalue weighted by atomic mass is 10.1. The minimum absolute atomic E-state index is 0.0182. The van der Waals surface area contributed by atoms with Gasteiger partial charge in [0.15, 0.2) is 0 Å². The molecule has 2 amide bonds. The molecule has 0 aliphatic carbocycles. The molecule has 86 valence electrons. The number of hydrogen-bond acceptors (Lipinski definition) is 3. The third-order valence-corrected chi connectivity index (χ3v) is 2.69. The number of nitrogens with zero attached hydrogens (tertiary/aromatic N) is 1. The number of amides is 2. The first kappa shape index (κ1) is 12.2. The van der Waals surface area contributed by atoms with Crippen molar-refractivity contribution in [2.24, 2.45) is 0 Å². The monoisotopic (exact) mass is 213 g/mol. The quantitative estimate of drug-likeness (QED) is 0.508. The Kier molecular flexibility index (Phi) is 5.32. The molecule has 0 unspecified atom stereocenters. The van der Waals surface area contributed by atoms with Crippen LogP contribution < -0.4 is 0 Å². The third-order valence-electron chi connectivity index (χ3n) is 2.69. The molecule has 1 aliphatic rings. The van der Waals surface area contributed by atoms with Crippen LogP contribution in [0.25, 0.3) is 0 Å².